The highest BCUT2D eigenvalue weighted by Crippen LogP contribution is 2.22. The van der Waals surface area contributed by atoms with Crippen molar-refractivity contribution in [2.75, 3.05) is 0 Å². The van der Waals surface area contributed by atoms with Gasteiger partial charge >= 0.3 is 0 Å². The Morgan fingerprint density at radius 2 is 1.61 bits per heavy atom. The SMILES string of the molecule is S/C=C(\S)c1ccc(N=Cc2ccccc2)cc1. The van der Waals surface area contributed by atoms with Gasteiger partial charge in [0.25, 0.3) is 0 Å². The highest BCUT2D eigenvalue weighted by atomic mass is 32.1. The molecule has 0 N–H and O–H groups in total. The minimum atomic E-state index is 0.844. The third-order valence-corrected chi connectivity index (χ3v) is 3.30. The van der Waals surface area contributed by atoms with Crippen LogP contribution >= 0.6 is 25.3 Å². The van der Waals surface area contributed by atoms with E-state index in [4.69, 9.17) is 0 Å². The predicted octanol–water partition coefficient (Wildman–Crippen LogP) is 4.60. The van der Waals surface area contributed by atoms with Crippen molar-refractivity contribution in [1.29, 1.82) is 0 Å². The summed E-state index contributed by atoms with van der Waals surface area (Å²) in [5, 5.41) is 1.67. The highest BCUT2D eigenvalue weighted by molar-refractivity contribution is 7.92. The lowest BCUT2D eigenvalue weighted by Crippen LogP contribution is -1.79. The van der Waals surface area contributed by atoms with Gasteiger partial charge in [-0.1, -0.05) is 42.5 Å². The lowest BCUT2D eigenvalue weighted by molar-refractivity contribution is 1.51. The maximum Gasteiger partial charge on any atom is 0.0630 e. The van der Waals surface area contributed by atoms with Crippen molar-refractivity contribution < 1.29 is 0 Å². The van der Waals surface area contributed by atoms with Crippen LogP contribution in [0.15, 0.2) is 65.0 Å². The van der Waals surface area contributed by atoms with Crippen LogP contribution in [0.2, 0.25) is 0 Å². The van der Waals surface area contributed by atoms with E-state index >= 15 is 0 Å². The van der Waals surface area contributed by atoms with E-state index in [0.29, 0.717) is 0 Å². The molecule has 2 rings (SSSR count). The zero-order chi connectivity index (χ0) is 12.8. The third-order valence-electron chi connectivity index (χ3n) is 2.45. The summed E-state index contributed by atoms with van der Waals surface area (Å²) in [7, 11) is 0. The van der Waals surface area contributed by atoms with Crippen LogP contribution in [-0.4, -0.2) is 6.21 Å². The number of aliphatic imine (C=N–C) groups is 1. The molecule has 0 bridgehead atoms. The van der Waals surface area contributed by atoms with Crippen molar-refractivity contribution >= 4 is 42.1 Å². The summed E-state index contributed by atoms with van der Waals surface area (Å²) in [6.45, 7) is 0. The minimum absolute atomic E-state index is 0.844. The molecule has 0 heterocycles. The Kier molecular flexibility index (Phi) is 4.67. The Morgan fingerprint density at radius 3 is 2.22 bits per heavy atom. The van der Waals surface area contributed by atoms with E-state index in [1.807, 2.05) is 60.8 Å². The molecule has 0 radical (unpaired) electrons. The van der Waals surface area contributed by atoms with Crippen molar-refractivity contribution in [3.8, 4) is 0 Å². The molecule has 0 saturated carbocycles. The smallest absolute Gasteiger partial charge is 0.0630 e. The van der Waals surface area contributed by atoms with Crippen LogP contribution in [0.5, 0.6) is 0 Å². The maximum absolute atomic E-state index is 4.41. The quantitative estimate of drug-likeness (QED) is 0.598. The largest absolute Gasteiger partial charge is 0.256 e. The summed E-state index contributed by atoms with van der Waals surface area (Å²) in [4.78, 5) is 5.26. The van der Waals surface area contributed by atoms with E-state index in [1.165, 1.54) is 0 Å². The predicted molar refractivity (Wildman–Crippen MR) is 86.1 cm³/mol. The molecule has 1 nitrogen and oxygen atoms in total. The van der Waals surface area contributed by atoms with Crippen LogP contribution in [0.4, 0.5) is 5.69 Å². The summed E-state index contributed by atoms with van der Waals surface area (Å²) in [6.07, 6.45) is 1.85. The lowest BCUT2D eigenvalue weighted by Gasteiger charge is -2.00. The van der Waals surface area contributed by atoms with Crippen molar-refractivity contribution in [1.82, 2.24) is 0 Å². The topological polar surface area (TPSA) is 12.4 Å². The van der Waals surface area contributed by atoms with E-state index < -0.39 is 0 Å². The summed E-state index contributed by atoms with van der Waals surface area (Å²) < 4.78 is 0. The molecule has 0 spiro atoms. The van der Waals surface area contributed by atoms with Gasteiger partial charge in [-0.15, -0.1) is 12.6 Å². The zero-order valence-electron chi connectivity index (χ0n) is 9.69. The molecule has 2 aromatic rings. The van der Waals surface area contributed by atoms with Crippen LogP contribution in [0.3, 0.4) is 0 Å². The standard InChI is InChI=1S/C15H13NS2/c17-11-15(18)13-6-8-14(9-7-13)16-10-12-4-2-1-3-5-12/h1-11,17-18H/b15-11-,16-10?. The molecule has 0 saturated heterocycles. The summed E-state index contributed by atoms with van der Waals surface area (Å²) in [5.74, 6) is 0. The van der Waals surface area contributed by atoms with E-state index in [0.717, 1.165) is 21.7 Å². The van der Waals surface area contributed by atoms with Crippen LogP contribution in [-0.2, 0) is 0 Å². The van der Waals surface area contributed by atoms with Gasteiger partial charge in [-0.05, 0) is 28.7 Å². The second-order valence-corrected chi connectivity index (χ2v) is 4.47. The van der Waals surface area contributed by atoms with Crippen molar-refractivity contribution in [2.45, 2.75) is 0 Å². The normalized spacial score (nSPS) is 12.0. The minimum Gasteiger partial charge on any atom is -0.256 e. The van der Waals surface area contributed by atoms with E-state index in [-0.39, 0.29) is 0 Å². The van der Waals surface area contributed by atoms with Gasteiger partial charge in [0.2, 0.25) is 0 Å². The average molecular weight is 271 g/mol. The number of benzene rings is 2. The number of hydrogen-bond acceptors (Lipinski definition) is 3. The first kappa shape index (κ1) is 13.0. The molecular formula is C15H13NS2. The van der Waals surface area contributed by atoms with Gasteiger partial charge in [0.05, 0.1) is 5.69 Å². The molecule has 18 heavy (non-hydrogen) atoms. The van der Waals surface area contributed by atoms with Gasteiger partial charge in [-0.25, -0.2) is 0 Å². The first-order valence-corrected chi connectivity index (χ1v) is 6.49. The fourth-order valence-corrected chi connectivity index (χ4v) is 1.78. The van der Waals surface area contributed by atoms with Gasteiger partial charge in [-0.2, -0.15) is 12.6 Å². The molecule has 0 atom stereocenters. The third kappa shape index (κ3) is 3.52. The summed E-state index contributed by atoms with van der Waals surface area (Å²) in [5.41, 5.74) is 3.04. The molecular weight excluding hydrogens is 258 g/mol. The monoisotopic (exact) mass is 271 g/mol. The van der Waals surface area contributed by atoms with Gasteiger partial charge in [-0.3, -0.25) is 4.99 Å². The number of hydrogen-bond donors (Lipinski definition) is 2. The molecule has 2 aromatic carbocycles. The lowest BCUT2D eigenvalue weighted by atomic mass is 10.2. The molecule has 0 unspecified atom stereocenters. The Labute approximate surface area is 118 Å². The second kappa shape index (κ2) is 6.47. The van der Waals surface area contributed by atoms with Crippen LogP contribution < -0.4 is 0 Å². The van der Waals surface area contributed by atoms with Gasteiger partial charge in [0.1, 0.15) is 0 Å². The maximum atomic E-state index is 4.41. The number of rotatable bonds is 3. The van der Waals surface area contributed by atoms with E-state index in [1.54, 1.807) is 5.41 Å². The number of thiol groups is 2. The molecule has 0 aliphatic heterocycles. The molecule has 0 amide bonds. The Balaban J connectivity index is 2.14. The molecule has 0 aliphatic carbocycles. The second-order valence-electron chi connectivity index (χ2n) is 3.73. The van der Waals surface area contributed by atoms with Crippen LogP contribution in [0.1, 0.15) is 11.1 Å². The summed E-state index contributed by atoms with van der Waals surface area (Å²) >= 11 is 8.38. The molecule has 90 valence electrons. The number of nitrogens with zero attached hydrogens (tertiary/aromatic N) is 1. The van der Waals surface area contributed by atoms with Crippen LogP contribution in [0, 0.1) is 0 Å². The first-order valence-electron chi connectivity index (χ1n) is 5.52. The van der Waals surface area contributed by atoms with Gasteiger partial charge in [0, 0.05) is 11.1 Å². The molecule has 0 aliphatic rings. The highest BCUT2D eigenvalue weighted by Gasteiger charge is 1.95. The summed E-state index contributed by atoms with van der Waals surface area (Å²) in [6, 6.07) is 17.9. The van der Waals surface area contributed by atoms with E-state index in [2.05, 4.69) is 30.2 Å². The fraction of sp³-hybridized carbons (Fsp3) is 0. The Bertz CT molecular complexity index is 557. The van der Waals surface area contributed by atoms with Gasteiger partial charge in [0.15, 0.2) is 0 Å². The Hall–Kier alpha value is -1.45. The van der Waals surface area contributed by atoms with Crippen molar-refractivity contribution in [3.63, 3.8) is 0 Å². The molecule has 3 heteroatoms. The van der Waals surface area contributed by atoms with Crippen molar-refractivity contribution in [2.24, 2.45) is 4.99 Å². The van der Waals surface area contributed by atoms with Crippen molar-refractivity contribution in [3.05, 3.63) is 71.1 Å². The molecule has 0 aromatic heterocycles. The average Bonchev–Trinajstić information content (AvgIpc) is 2.46. The van der Waals surface area contributed by atoms with Gasteiger partial charge < -0.3 is 0 Å². The van der Waals surface area contributed by atoms with E-state index in [9.17, 15) is 0 Å². The molecule has 0 fully saturated rings. The Morgan fingerprint density at radius 1 is 0.944 bits per heavy atom. The zero-order valence-corrected chi connectivity index (χ0v) is 11.5. The first-order chi connectivity index (χ1) is 8.79. The fourth-order valence-electron chi connectivity index (χ4n) is 1.48. The van der Waals surface area contributed by atoms with Crippen LogP contribution in [0.25, 0.3) is 4.91 Å².